The Bertz CT molecular complexity index is 495. The van der Waals surface area contributed by atoms with E-state index in [1.165, 1.54) is 5.56 Å². The summed E-state index contributed by atoms with van der Waals surface area (Å²) < 4.78 is 0. The van der Waals surface area contributed by atoms with E-state index in [0.29, 0.717) is 24.8 Å². The van der Waals surface area contributed by atoms with Gasteiger partial charge in [0, 0.05) is 10.8 Å². The molecule has 1 aromatic carbocycles. The molecule has 1 heterocycles. The van der Waals surface area contributed by atoms with Gasteiger partial charge in [-0.05, 0) is 36.5 Å². The van der Waals surface area contributed by atoms with Crippen LogP contribution in [0.5, 0.6) is 0 Å². The molecule has 0 spiro atoms. The molecule has 2 aliphatic rings. The summed E-state index contributed by atoms with van der Waals surface area (Å²) in [4.78, 5) is 13.7. The third kappa shape index (κ3) is 3.13. The number of halogens is 1. The third-order valence-corrected chi connectivity index (χ3v) is 5.27. The van der Waals surface area contributed by atoms with Crippen LogP contribution in [0.3, 0.4) is 0 Å². The minimum absolute atomic E-state index is 0.134. The van der Waals surface area contributed by atoms with Crippen LogP contribution in [-0.2, 0) is 10.5 Å². The molecule has 108 valence electrons. The number of benzene rings is 1. The number of hydrogen-bond acceptors (Lipinski definition) is 3. The van der Waals surface area contributed by atoms with E-state index in [-0.39, 0.29) is 5.91 Å². The number of nitrogens with zero attached hydrogens (tertiary/aromatic N) is 1. The molecule has 0 aromatic heterocycles. The Morgan fingerprint density at radius 1 is 1.35 bits per heavy atom. The monoisotopic (exact) mass is 311 g/mol. The number of carbonyl (C=O) groups excluding carboxylic acids is 1. The topological polar surface area (TPSA) is 40.5 Å². The van der Waals surface area contributed by atoms with Crippen molar-refractivity contribution in [2.24, 2.45) is 5.92 Å². The van der Waals surface area contributed by atoms with Gasteiger partial charge in [-0.1, -0.05) is 23.7 Å². The molecule has 2 fully saturated rings. The Morgan fingerprint density at radius 2 is 2.00 bits per heavy atom. The van der Waals surface area contributed by atoms with Crippen molar-refractivity contribution in [3.05, 3.63) is 34.9 Å². The number of thioether (sulfide) groups is 1. The SMILES string of the molecule is O=C(CSCc1ccc(Cl)cc1)N1CC(O)(C2CC2)C1. The van der Waals surface area contributed by atoms with Gasteiger partial charge in [0.25, 0.3) is 0 Å². The fourth-order valence-electron chi connectivity index (χ4n) is 2.60. The first-order valence-corrected chi connectivity index (χ1v) is 8.42. The molecule has 1 saturated carbocycles. The molecular weight excluding hydrogens is 294 g/mol. The average Bonchev–Trinajstić information content (AvgIpc) is 3.22. The number of carbonyl (C=O) groups is 1. The number of amides is 1. The third-order valence-electron chi connectivity index (χ3n) is 4.03. The van der Waals surface area contributed by atoms with Crippen molar-refractivity contribution >= 4 is 29.3 Å². The number of likely N-dealkylation sites (tertiary alicyclic amines) is 1. The molecule has 1 aromatic rings. The summed E-state index contributed by atoms with van der Waals surface area (Å²) in [6.07, 6.45) is 2.23. The largest absolute Gasteiger partial charge is 0.386 e. The van der Waals surface area contributed by atoms with Gasteiger partial charge in [-0.3, -0.25) is 4.79 Å². The van der Waals surface area contributed by atoms with Crippen molar-refractivity contribution in [3.8, 4) is 0 Å². The first-order valence-electron chi connectivity index (χ1n) is 6.89. The predicted molar refractivity (Wildman–Crippen MR) is 81.9 cm³/mol. The van der Waals surface area contributed by atoms with Crippen LogP contribution >= 0.6 is 23.4 Å². The van der Waals surface area contributed by atoms with Gasteiger partial charge >= 0.3 is 0 Å². The summed E-state index contributed by atoms with van der Waals surface area (Å²) in [5.41, 5.74) is 0.599. The molecule has 3 rings (SSSR count). The van der Waals surface area contributed by atoms with Gasteiger partial charge in [-0.15, -0.1) is 11.8 Å². The second-order valence-electron chi connectivity index (χ2n) is 5.75. The molecule has 3 nitrogen and oxygen atoms in total. The van der Waals surface area contributed by atoms with E-state index in [2.05, 4.69) is 0 Å². The first kappa shape index (κ1) is 14.2. The van der Waals surface area contributed by atoms with Crippen molar-refractivity contribution < 1.29 is 9.90 Å². The van der Waals surface area contributed by atoms with E-state index >= 15 is 0 Å². The van der Waals surface area contributed by atoms with Crippen LogP contribution in [0, 0.1) is 5.92 Å². The lowest BCUT2D eigenvalue weighted by molar-refractivity contribution is -0.156. The van der Waals surface area contributed by atoms with Gasteiger partial charge in [0.1, 0.15) is 5.60 Å². The van der Waals surface area contributed by atoms with E-state index in [0.717, 1.165) is 23.6 Å². The zero-order valence-corrected chi connectivity index (χ0v) is 12.8. The van der Waals surface area contributed by atoms with Crippen molar-refractivity contribution in [1.29, 1.82) is 0 Å². The van der Waals surface area contributed by atoms with E-state index in [1.807, 2.05) is 24.3 Å². The Kier molecular flexibility index (Phi) is 3.98. The molecule has 5 heteroatoms. The lowest BCUT2D eigenvalue weighted by Crippen LogP contribution is -2.65. The van der Waals surface area contributed by atoms with Crippen LogP contribution in [0.25, 0.3) is 0 Å². The van der Waals surface area contributed by atoms with E-state index in [1.54, 1.807) is 16.7 Å². The number of hydrogen-bond donors (Lipinski definition) is 1. The van der Waals surface area contributed by atoms with Crippen molar-refractivity contribution in [3.63, 3.8) is 0 Å². The molecule has 0 radical (unpaired) electrons. The standard InChI is InChI=1S/C15H18ClNO2S/c16-13-5-1-11(2-6-13)7-20-8-14(18)17-9-15(19,10-17)12-3-4-12/h1-2,5-6,12,19H,3-4,7-10H2. The molecule has 1 saturated heterocycles. The molecule has 1 aliphatic carbocycles. The molecular formula is C15H18ClNO2S. The Balaban J connectivity index is 1.39. The lowest BCUT2D eigenvalue weighted by atomic mass is 9.89. The van der Waals surface area contributed by atoms with E-state index in [9.17, 15) is 9.90 Å². The second-order valence-corrected chi connectivity index (χ2v) is 7.17. The smallest absolute Gasteiger partial charge is 0.232 e. The minimum Gasteiger partial charge on any atom is -0.386 e. The van der Waals surface area contributed by atoms with E-state index < -0.39 is 5.60 Å². The molecule has 1 aliphatic heterocycles. The van der Waals surface area contributed by atoms with Gasteiger partial charge in [-0.2, -0.15) is 0 Å². The van der Waals surface area contributed by atoms with Crippen LogP contribution in [0.15, 0.2) is 24.3 Å². The summed E-state index contributed by atoms with van der Waals surface area (Å²) in [5.74, 6) is 1.86. The van der Waals surface area contributed by atoms with Gasteiger partial charge in [0.15, 0.2) is 0 Å². The molecule has 0 bridgehead atoms. The molecule has 20 heavy (non-hydrogen) atoms. The highest BCUT2D eigenvalue weighted by atomic mass is 35.5. The fourth-order valence-corrected chi connectivity index (χ4v) is 3.61. The Hall–Kier alpha value is -0.710. The summed E-state index contributed by atoms with van der Waals surface area (Å²) in [6.45, 7) is 1.05. The van der Waals surface area contributed by atoms with Gasteiger partial charge in [0.2, 0.25) is 5.91 Å². The highest BCUT2D eigenvalue weighted by molar-refractivity contribution is 7.99. The van der Waals surface area contributed by atoms with Crippen LogP contribution < -0.4 is 0 Å². The van der Waals surface area contributed by atoms with Crippen LogP contribution in [0.1, 0.15) is 18.4 Å². The van der Waals surface area contributed by atoms with Crippen molar-refractivity contribution in [2.45, 2.75) is 24.2 Å². The molecule has 1 amide bonds. The van der Waals surface area contributed by atoms with Crippen LogP contribution in [-0.4, -0.2) is 40.4 Å². The van der Waals surface area contributed by atoms with Crippen LogP contribution in [0.2, 0.25) is 5.02 Å². The zero-order valence-electron chi connectivity index (χ0n) is 11.2. The maximum absolute atomic E-state index is 12.0. The number of rotatable bonds is 5. The number of aliphatic hydroxyl groups is 1. The highest BCUT2D eigenvalue weighted by Crippen LogP contribution is 2.44. The summed E-state index contributed by atoms with van der Waals surface area (Å²) in [6, 6.07) is 7.69. The second kappa shape index (κ2) is 5.58. The fraction of sp³-hybridized carbons (Fsp3) is 0.533. The maximum Gasteiger partial charge on any atom is 0.232 e. The average molecular weight is 312 g/mol. The quantitative estimate of drug-likeness (QED) is 0.908. The molecule has 0 unspecified atom stereocenters. The molecule has 1 N–H and O–H groups in total. The zero-order chi connectivity index (χ0) is 14.2. The van der Waals surface area contributed by atoms with Gasteiger partial charge in [0.05, 0.1) is 18.8 Å². The van der Waals surface area contributed by atoms with Crippen molar-refractivity contribution in [1.82, 2.24) is 4.90 Å². The lowest BCUT2D eigenvalue weighted by Gasteiger charge is -2.47. The van der Waals surface area contributed by atoms with Gasteiger partial charge < -0.3 is 10.0 Å². The summed E-state index contributed by atoms with van der Waals surface area (Å²) in [7, 11) is 0. The molecule has 0 atom stereocenters. The maximum atomic E-state index is 12.0. The predicted octanol–water partition coefficient (Wildman–Crippen LogP) is 2.56. The summed E-state index contributed by atoms with van der Waals surface area (Å²) >= 11 is 7.44. The van der Waals surface area contributed by atoms with Crippen molar-refractivity contribution in [2.75, 3.05) is 18.8 Å². The van der Waals surface area contributed by atoms with Gasteiger partial charge in [-0.25, -0.2) is 0 Å². The highest BCUT2D eigenvalue weighted by Gasteiger charge is 2.53. The minimum atomic E-state index is -0.573. The van der Waals surface area contributed by atoms with Crippen LogP contribution in [0.4, 0.5) is 0 Å². The van der Waals surface area contributed by atoms with E-state index in [4.69, 9.17) is 11.6 Å². The Labute approximate surface area is 128 Å². The normalized spacial score (nSPS) is 20.6. The first-order chi connectivity index (χ1) is 9.57. The summed E-state index contributed by atoms with van der Waals surface area (Å²) in [5, 5.41) is 10.9. The Morgan fingerprint density at radius 3 is 2.60 bits per heavy atom. The number of β-amino-alcohol motifs (C(OH)–C–C–N with tert-alkyl or cyclic N) is 1.